The summed E-state index contributed by atoms with van der Waals surface area (Å²) in [5, 5.41) is 1.22. The van der Waals surface area contributed by atoms with Gasteiger partial charge in [-0.25, -0.2) is 4.98 Å². The highest BCUT2D eigenvalue weighted by atomic mass is 79.9. The molecule has 4 heteroatoms. The summed E-state index contributed by atoms with van der Waals surface area (Å²) in [6.45, 7) is 0. The molecular formula is C17H10BrNOS. The predicted octanol–water partition coefficient (Wildman–Crippen LogP) is 5.99. The lowest BCUT2D eigenvalue weighted by molar-refractivity contribution is 0.590. The number of oxazole rings is 1. The molecule has 2 heterocycles. The van der Waals surface area contributed by atoms with E-state index in [9.17, 15) is 0 Å². The van der Waals surface area contributed by atoms with Gasteiger partial charge >= 0.3 is 0 Å². The number of hydrogen-bond donors (Lipinski definition) is 0. The second kappa shape index (κ2) is 5.13. The van der Waals surface area contributed by atoms with Crippen molar-refractivity contribution in [2.24, 2.45) is 0 Å². The van der Waals surface area contributed by atoms with E-state index in [1.807, 2.05) is 36.4 Å². The van der Waals surface area contributed by atoms with Crippen LogP contribution in [0.15, 0.2) is 69.7 Å². The van der Waals surface area contributed by atoms with Gasteiger partial charge in [-0.3, -0.25) is 0 Å². The minimum absolute atomic E-state index is 0.675. The zero-order valence-electron chi connectivity index (χ0n) is 10.9. The van der Waals surface area contributed by atoms with Crippen molar-refractivity contribution < 1.29 is 4.42 Å². The molecule has 0 fully saturated rings. The Bertz CT molecular complexity index is 875. The first kappa shape index (κ1) is 12.8. The van der Waals surface area contributed by atoms with Crippen LogP contribution in [0.4, 0.5) is 0 Å². The molecule has 0 unspecified atom stereocenters. The van der Waals surface area contributed by atoms with Crippen LogP contribution in [0.3, 0.4) is 0 Å². The van der Waals surface area contributed by atoms with Crippen molar-refractivity contribution in [1.82, 2.24) is 4.98 Å². The number of thiophene rings is 1. The summed E-state index contributed by atoms with van der Waals surface area (Å²) in [5.74, 6) is 1.46. The first-order chi connectivity index (χ1) is 10.3. The Morgan fingerprint density at radius 3 is 2.62 bits per heavy atom. The fourth-order valence-corrected chi connectivity index (χ4v) is 3.48. The molecule has 0 atom stereocenters. The first-order valence-corrected chi connectivity index (χ1v) is 8.11. The molecular weight excluding hydrogens is 346 g/mol. The van der Waals surface area contributed by atoms with Crippen LogP contribution >= 0.6 is 27.3 Å². The van der Waals surface area contributed by atoms with Crippen molar-refractivity contribution in [2.75, 3.05) is 0 Å². The Morgan fingerprint density at radius 2 is 1.81 bits per heavy atom. The number of rotatable bonds is 2. The molecule has 2 nitrogen and oxygen atoms in total. The smallest absolute Gasteiger partial charge is 0.236 e. The first-order valence-electron chi connectivity index (χ1n) is 6.50. The van der Waals surface area contributed by atoms with Crippen molar-refractivity contribution in [1.29, 1.82) is 0 Å². The molecule has 4 aromatic rings. The van der Waals surface area contributed by atoms with Crippen LogP contribution in [-0.2, 0) is 0 Å². The largest absolute Gasteiger partial charge is 0.435 e. The highest BCUT2D eigenvalue weighted by Crippen LogP contribution is 2.34. The molecule has 4 rings (SSSR count). The maximum Gasteiger partial charge on any atom is 0.236 e. The van der Waals surface area contributed by atoms with Gasteiger partial charge in [-0.15, -0.1) is 11.3 Å². The van der Waals surface area contributed by atoms with Crippen LogP contribution in [0.25, 0.3) is 32.2 Å². The third-order valence-electron chi connectivity index (χ3n) is 3.27. The Kier molecular flexibility index (Phi) is 3.13. The average Bonchev–Trinajstić information content (AvgIpc) is 3.14. The van der Waals surface area contributed by atoms with Crippen molar-refractivity contribution in [2.45, 2.75) is 0 Å². The maximum atomic E-state index is 5.91. The van der Waals surface area contributed by atoms with Crippen LogP contribution in [0, 0.1) is 0 Å². The highest BCUT2D eigenvalue weighted by Gasteiger charge is 2.11. The normalized spacial score (nSPS) is 11.1. The fourth-order valence-electron chi connectivity index (χ4n) is 2.22. The van der Waals surface area contributed by atoms with Gasteiger partial charge in [0.05, 0.1) is 11.1 Å². The van der Waals surface area contributed by atoms with E-state index in [4.69, 9.17) is 4.42 Å². The summed E-state index contributed by atoms with van der Waals surface area (Å²) in [4.78, 5) is 5.47. The lowest BCUT2D eigenvalue weighted by Crippen LogP contribution is -1.72. The van der Waals surface area contributed by atoms with Crippen molar-refractivity contribution >= 4 is 37.4 Å². The molecule has 0 bridgehead atoms. The number of aromatic nitrogens is 1. The zero-order valence-corrected chi connectivity index (χ0v) is 13.3. The molecule has 0 aliphatic rings. The van der Waals surface area contributed by atoms with Gasteiger partial charge in [0, 0.05) is 14.7 Å². The Balaban J connectivity index is 1.75. The van der Waals surface area contributed by atoms with Crippen LogP contribution < -0.4 is 0 Å². The minimum Gasteiger partial charge on any atom is -0.435 e. The van der Waals surface area contributed by atoms with Crippen molar-refractivity contribution in [3.05, 3.63) is 65.3 Å². The topological polar surface area (TPSA) is 26.0 Å². The SMILES string of the molecule is Brc1ccc(-c2cnc(-c3cc4ccccc4s3)o2)cc1. The Hall–Kier alpha value is -1.91. The number of nitrogens with zero attached hydrogens (tertiary/aromatic N) is 1. The van der Waals surface area contributed by atoms with E-state index >= 15 is 0 Å². The highest BCUT2D eigenvalue weighted by molar-refractivity contribution is 9.10. The molecule has 21 heavy (non-hydrogen) atoms. The van der Waals surface area contributed by atoms with E-state index in [0.29, 0.717) is 5.89 Å². The lowest BCUT2D eigenvalue weighted by Gasteiger charge is -1.95. The number of benzene rings is 2. The molecule has 0 aliphatic heterocycles. The third-order valence-corrected chi connectivity index (χ3v) is 4.90. The van der Waals surface area contributed by atoms with Gasteiger partial charge in [-0.05, 0) is 29.7 Å². The van der Waals surface area contributed by atoms with Gasteiger partial charge in [0.1, 0.15) is 0 Å². The second-order valence-electron chi connectivity index (χ2n) is 4.69. The molecule has 0 N–H and O–H groups in total. The van der Waals surface area contributed by atoms with Gasteiger partial charge in [0.15, 0.2) is 5.76 Å². The van der Waals surface area contributed by atoms with Gasteiger partial charge in [-0.1, -0.05) is 46.3 Å². The van der Waals surface area contributed by atoms with E-state index < -0.39 is 0 Å². The summed E-state index contributed by atoms with van der Waals surface area (Å²) >= 11 is 5.13. The van der Waals surface area contributed by atoms with E-state index in [-0.39, 0.29) is 0 Å². The van der Waals surface area contributed by atoms with Crippen LogP contribution in [-0.4, -0.2) is 4.98 Å². The number of fused-ring (bicyclic) bond motifs is 1. The molecule has 0 spiro atoms. The second-order valence-corrected chi connectivity index (χ2v) is 6.68. The summed E-state index contributed by atoms with van der Waals surface area (Å²) in [7, 11) is 0. The van der Waals surface area contributed by atoms with Gasteiger partial charge in [-0.2, -0.15) is 0 Å². The van der Waals surface area contributed by atoms with Crippen molar-refractivity contribution in [3.8, 4) is 22.1 Å². The monoisotopic (exact) mass is 355 g/mol. The van der Waals surface area contributed by atoms with Crippen LogP contribution in [0.5, 0.6) is 0 Å². The molecule has 2 aromatic heterocycles. The molecule has 0 saturated heterocycles. The number of halogens is 1. The summed E-state index contributed by atoms with van der Waals surface area (Å²) in [6, 6.07) is 18.5. The molecule has 0 amide bonds. The molecule has 0 aliphatic carbocycles. The van der Waals surface area contributed by atoms with Gasteiger partial charge in [0.25, 0.3) is 0 Å². The minimum atomic E-state index is 0.675. The maximum absolute atomic E-state index is 5.91. The van der Waals surface area contributed by atoms with E-state index in [1.165, 1.54) is 10.1 Å². The predicted molar refractivity (Wildman–Crippen MR) is 90.5 cm³/mol. The van der Waals surface area contributed by atoms with Gasteiger partial charge < -0.3 is 4.42 Å². The average molecular weight is 356 g/mol. The fraction of sp³-hybridized carbons (Fsp3) is 0. The summed E-state index contributed by atoms with van der Waals surface area (Å²) in [5.41, 5.74) is 1.03. The zero-order chi connectivity index (χ0) is 14.2. The Morgan fingerprint density at radius 1 is 1.00 bits per heavy atom. The van der Waals surface area contributed by atoms with E-state index in [0.717, 1.165) is 20.7 Å². The standard InChI is InChI=1S/C17H10BrNOS/c18-13-7-5-11(6-8-13)14-10-19-17(20-14)16-9-12-3-1-2-4-15(12)21-16/h1-10H. The number of hydrogen-bond acceptors (Lipinski definition) is 3. The molecule has 0 radical (unpaired) electrons. The van der Waals surface area contributed by atoms with Crippen molar-refractivity contribution in [3.63, 3.8) is 0 Å². The van der Waals surface area contributed by atoms with Crippen LogP contribution in [0.2, 0.25) is 0 Å². The van der Waals surface area contributed by atoms with E-state index in [2.05, 4.69) is 39.1 Å². The Labute approximate surface area is 134 Å². The molecule has 102 valence electrons. The van der Waals surface area contributed by atoms with Crippen LogP contribution in [0.1, 0.15) is 0 Å². The third kappa shape index (κ3) is 2.41. The van der Waals surface area contributed by atoms with Gasteiger partial charge in [0.2, 0.25) is 5.89 Å². The summed E-state index contributed by atoms with van der Waals surface area (Å²) < 4.78 is 8.21. The van der Waals surface area contributed by atoms with E-state index in [1.54, 1.807) is 17.5 Å². The molecule has 0 saturated carbocycles. The molecule has 2 aromatic carbocycles. The summed E-state index contributed by atoms with van der Waals surface area (Å²) in [6.07, 6.45) is 1.78. The lowest BCUT2D eigenvalue weighted by atomic mass is 10.2. The quantitative estimate of drug-likeness (QED) is 0.441.